The average molecular weight is 275 g/mol. The molecule has 1 heterocycles. The average Bonchev–Trinajstić information content (AvgIpc) is 2.93. The number of aryl methyl sites for hydroxylation is 1. The van der Waals surface area contributed by atoms with Crippen LogP contribution in [0.3, 0.4) is 0 Å². The highest BCUT2D eigenvalue weighted by molar-refractivity contribution is 5.44. The molecule has 1 aromatic carbocycles. The fourth-order valence-electron chi connectivity index (χ4n) is 1.99. The molecule has 0 radical (unpaired) electrons. The van der Waals surface area contributed by atoms with E-state index in [1.54, 1.807) is 14.2 Å². The molecule has 0 aliphatic rings. The maximum Gasteiger partial charge on any atom is 0.161 e. The van der Waals surface area contributed by atoms with Gasteiger partial charge < -0.3 is 14.8 Å². The van der Waals surface area contributed by atoms with Crippen LogP contribution in [0.1, 0.15) is 18.9 Å². The van der Waals surface area contributed by atoms with Crippen molar-refractivity contribution in [2.24, 2.45) is 0 Å². The Morgan fingerprint density at radius 1 is 1.15 bits per heavy atom. The molecule has 1 N–H and O–H groups in total. The minimum Gasteiger partial charge on any atom is -0.493 e. The Labute approximate surface area is 119 Å². The first-order valence-corrected chi connectivity index (χ1v) is 6.75. The summed E-state index contributed by atoms with van der Waals surface area (Å²) < 4.78 is 12.5. The van der Waals surface area contributed by atoms with Crippen molar-refractivity contribution in [3.05, 3.63) is 36.0 Å². The van der Waals surface area contributed by atoms with Crippen molar-refractivity contribution in [3.63, 3.8) is 0 Å². The number of methoxy groups -OCH3 is 2. The standard InChI is InChI=1S/C15H21N3O2/c1-4-8-18-9-7-15(17-18)16-11-12-5-6-13(19-2)14(10-12)20-3/h5-7,9-10H,4,8,11H2,1-3H3,(H,16,17). The number of nitrogens with zero attached hydrogens (tertiary/aromatic N) is 2. The zero-order valence-corrected chi connectivity index (χ0v) is 12.2. The van der Waals surface area contributed by atoms with Gasteiger partial charge in [-0.05, 0) is 24.1 Å². The molecule has 108 valence electrons. The molecule has 0 amide bonds. The van der Waals surface area contributed by atoms with E-state index in [0.717, 1.165) is 35.8 Å². The second-order valence-electron chi connectivity index (χ2n) is 4.51. The Morgan fingerprint density at radius 3 is 2.65 bits per heavy atom. The summed E-state index contributed by atoms with van der Waals surface area (Å²) in [6.07, 6.45) is 3.07. The molecule has 0 atom stereocenters. The van der Waals surface area contributed by atoms with Crippen molar-refractivity contribution < 1.29 is 9.47 Å². The van der Waals surface area contributed by atoms with Crippen molar-refractivity contribution in [1.82, 2.24) is 9.78 Å². The summed E-state index contributed by atoms with van der Waals surface area (Å²) in [6.45, 7) is 3.78. The molecule has 0 fully saturated rings. The molecule has 0 bridgehead atoms. The second kappa shape index (κ2) is 6.84. The number of nitrogens with one attached hydrogen (secondary N) is 1. The van der Waals surface area contributed by atoms with Gasteiger partial charge in [0, 0.05) is 25.4 Å². The van der Waals surface area contributed by atoms with Gasteiger partial charge in [0.1, 0.15) is 5.82 Å². The fourth-order valence-corrected chi connectivity index (χ4v) is 1.99. The highest BCUT2D eigenvalue weighted by Gasteiger charge is 2.05. The van der Waals surface area contributed by atoms with Crippen LogP contribution in [0.4, 0.5) is 5.82 Å². The number of anilines is 1. The molecule has 0 saturated carbocycles. The Hall–Kier alpha value is -2.17. The molecule has 5 nitrogen and oxygen atoms in total. The van der Waals surface area contributed by atoms with Gasteiger partial charge in [0.05, 0.1) is 14.2 Å². The fraction of sp³-hybridized carbons (Fsp3) is 0.400. The van der Waals surface area contributed by atoms with Crippen LogP contribution in [0, 0.1) is 0 Å². The van der Waals surface area contributed by atoms with Gasteiger partial charge in [-0.3, -0.25) is 4.68 Å². The lowest BCUT2D eigenvalue weighted by Crippen LogP contribution is -2.03. The number of hydrogen-bond donors (Lipinski definition) is 1. The van der Waals surface area contributed by atoms with Crippen LogP contribution < -0.4 is 14.8 Å². The van der Waals surface area contributed by atoms with Gasteiger partial charge in [0.15, 0.2) is 11.5 Å². The van der Waals surface area contributed by atoms with E-state index in [1.807, 2.05) is 35.1 Å². The van der Waals surface area contributed by atoms with E-state index >= 15 is 0 Å². The van der Waals surface area contributed by atoms with Gasteiger partial charge in [-0.1, -0.05) is 13.0 Å². The molecule has 0 saturated heterocycles. The zero-order valence-electron chi connectivity index (χ0n) is 12.2. The van der Waals surface area contributed by atoms with E-state index in [9.17, 15) is 0 Å². The van der Waals surface area contributed by atoms with E-state index in [0.29, 0.717) is 6.54 Å². The third kappa shape index (κ3) is 3.44. The first-order valence-electron chi connectivity index (χ1n) is 6.75. The Kier molecular flexibility index (Phi) is 4.87. The summed E-state index contributed by atoms with van der Waals surface area (Å²) in [5.41, 5.74) is 1.12. The maximum atomic E-state index is 5.29. The van der Waals surface area contributed by atoms with Crippen molar-refractivity contribution in [2.45, 2.75) is 26.4 Å². The normalized spacial score (nSPS) is 10.3. The number of rotatable bonds is 7. The SMILES string of the molecule is CCCn1ccc(NCc2ccc(OC)c(OC)c2)n1. The Morgan fingerprint density at radius 2 is 1.95 bits per heavy atom. The molecule has 0 aliphatic carbocycles. The first-order chi connectivity index (χ1) is 9.76. The largest absolute Gasteiger partial charge is 0.493 e. The third-order valence-corrected chi connectivity index (χ3v) is 3.01. The van der Waals surface area contributed by atoms with Crippen LogP contribution >= 0.6 is 0 Å². The highest BCUT2D eigenvalue weighted by atomic mass is 16.5. The summed E-state index contributed by atoms with van der Waals surface area (Å²) in [4.78, 5) is 0. The highest BCUT2D eigenvalue weighted by Crippen LogP contribution is 2.27. The van der Waals surface area contributed by atoms with Crippen LogP contribution in [-0.4, -0.2) is 24.0 Å². The summed E-state index contributed by atoms with van der Waals surface area (Å²) in [5.74, 6) is 2.36. The molecule has 0 unspecified atom stereocenters. The predicted molar refractivity (Wildman–Crippen MR) is 79.4 cm³/mol. The number of hydrogen-bond acceptors (Lipinski definition) is 4. The number of benzene rings is 1. The molecule has 0 aliphatic heterocycles. The van der Waals surface area contributed by atoms with E-state index in [2.05, 4.69) is 17.3 Å². The lowest BCUT2D eigenvalue weighted by molar-refractivity contribution is 0.354. The molecular formula is C15H21N3O2. The van der Waals surface area contributed by atoms with Gasteiger partial charge in [-0.25, -0.2) is 0 Å². The van der Waals surface area contributed by atoms with Crippen LogP contribution in [0.2, 0.25) is 0 Å². The molecule has 2 aromatic rings. The van der Waals surface area contributed by atoms with E-state index in [-0.39, 0.29) is 0 Å². The molecule has 2 rings (SSSR count). The van der Waals surface area contributed by atoms with Crippen LogP contribution in [0.5, 0.6) is 11.5 Å². The predicted octanol–water partition coefficient (Wildman–Crippen LogP) is 2.92. The summed E-state index contributed by atoms with van der Waals surface area (Å²) in [5, 5.41) is 7.74. The van der Waals surface area contributed by atoms with E-state index in [1.165, 1.54) is 0 Å². The summed E-state index contributed by atoms with van der Waals surface area (Å²) in [7, 11) is 3.28. The smallest absolute Gasteiger partial charge is 0.161 e. The van der Waals surface area contributed by atoms with Crippen molar-refractivity contribution in [2.75, 3.05) is 19.5 Å². The molecule has 20 heavy (non-hydrogen) atoms. The quantitative estimate of drug-likeness (QED) is 0.844. The van der Waals surface area contributed by atoms with Crippen LogP contribution in [0.15, 0.2) is 30.5 Å². The molecule has 0 spiro atoms. The van der Waals surface area contributed by atoms with E-state index in [4.69, 9.17) is 9.47 Å². The summed E-state index contributed by atoms with van der Waals surface area (Å²) >= 11 is 0. The number of ether oxygens (including phenoxy) is 2. The monoisotopic (exact) mass is 275 g/mol. The molecule has 1 aromatic heterocycles. The molecular weight excluding hydrogens is 254 g/mol. The summed E-state index contributed by atoms with van der Waals surface area (Å²) in [6, 6.07) is 7.87. The first kappa shape index (κ1) is 14.2. The third-order valence-electron chi connectivity index (χ3n) is 3.01. The van der Waals surface area contributed by atoms with Gasteiger partial charge in [0.2, 0.25) is 0 Å². The van der Waals surface area contributed by atoms with Crippen LogP contribution in [0.25, 0.3) is 0 Å². The molecule has 5 heteroatoms. The minimum absolute atomic E-state index is 0.698. The number of aromatic nitrogens is 2. The van der Waals surface area contributed by atoms with Crippen LogP contribution in [-0.2, 0) is 13.1 Å². The maximum absolute atomic E-state index is 5.29. The van der Waals surface area contributed by atoms with Crippen molar-refractivity contribution in [1.29, 1.82) is 0 Å². The minimum atomic E-state index is 0.698. The van der Waals surface area contributed by atoms with Crippen molar-refractivity contribution in [3.8, 4) is 11.5 Å². The Bertz CT molecular complexity index is 552. The Balaban J connectivity index is 1.99. The zero-order chi connectivity index (χ0) is 14.4. The second-order valence-corrected chi connectivity index (χ2v) is 4.51. The topological polar surface area (TPSA) is 48.3 Å². The van der Waals surface area contributed by atoms with Gasteiger partial charge in [0.25, 0.3) is 0 Å². The lowest BCUT2D eigenvalue weighted by atomic mass is 10.2. The van der Waals surface area contributed by atoms with Gasteiger partial charge >= 0.3 is 0 Å². The lowest BCUT2D eigenvalue weighted by Gasteiger charge is -2.10. The van der Waals surface area contributed by atoms with E-state index < -0.39 is 0 Å². The van der Waals surface area contributed by atoms with Gasteiger partial charge in [-0.2, -0.15) is 5.10 Å². The van der Waals surface area contributed by atoms with Gasteiger partial charge in [-0.15, -0.1) is 0 Å². The van der Waals surface area contributed by atoms with Crippen molar-refractivity contribution >= 4 is 5.82 Å².